The number of nitrogens with zero attached hydrogens (tertiary/aromatic N) is 1. The Morgan fingerprint density at radius 1 is 1.33 bits per heavy atom. The molecule has 0 bridgehead atoms. The smallest absolute Gasteiger partial charge is 0.0522 e. The molecule has 3 N–H and O–H groups in total. The van der Waals surface area contributed by atoms with Gasteiger partial charge in [-0.1, -0.05) is 15.9 Å². The first-order chi connectivity index (χ1) is 10.0. The molecule has 2 aliphatic rings. The number of benzene rings is 1. The Bertz CT molecular complexity index is 508. The molecule has 2 saturated heterocycles. The minimum absolute atomic E-state index is 0.0677. The predicted octanol–water partition coefficient (Wildman–Crippen LogP) is 3.43. The van der Waals surface area contributed by atoms with E-state index in [0.29, 0.717) is 6.54 Å². The van der Waals surface area contributed by atoms with E-state index < -0.39 is 0 Å². The van der Waals surface area contributed by atoms with Crippen LogP contribution in [-0.2, 0) is 0 Å². The van der Waals surface area contributed by atoms with E-state index in [9.17, 15) is 0 Å². The van der Waals surface area contributed by atoms with Gasteiger partial charge in [-0.2, -0.15) is 0 Å². The summed E-state index contributed by atoms with van der Waals surface area (Å²) < 4.78 is 1.21. The van der Waals surface area contributed by atoms with Crippen LogP contribution in [0.15, 0.2) is 16.6 Å². The van der Waals surface area contributed by atoms with E-state index in [1.807, 2.05) is 0 Å². The van der Waals surface area contributed by atoms with E-state index in [2.05, 4.69) is 52.1 Å². The summed E-state index contributed by atoms with van der Waals surface area (Å²) in [6, 6.07) is 5.19. The first kappa shape index (κ1) is 15.3. The predicted molar refractivity (Wildman–Crippen MR) is 92.9 cm³/mol. The number of aryl methyl sites for hydroxylation is 2. The SMILES string of the molecule is Cc1cc(NC2(CN)CCN3CCCC3C2)cc(C)c1Br. The van der Waals surface area contributed by atoms with Crippen molar-refractivity contribution >= 4 is 21.6 Å². The fourth-order valence-electron chi connectivity index (χ4n) is 4.01. The van der Waals surface area contributed by atoms with E-state index in [1.54, 1.807) is 0 Å². The molecule has 2 heterocycles. The maximum atomic E-state index is 6.18. The van der Waals surface area contributed by atoms with Gasteiger partial charge in [0.2, 0.25) is 0 Å². The third-order valence-corrected chi connectivity index (χ3v) is 6.49. The Morgan fingerprint density at radius 3 is 2.71 bits per heavy atom. The van der Waals surface area contributed by atoms with Gasteiger partial charge >= 0.3 is 0 Å². The molecule has 21 heavy (non-hydrogen) atoms. The Balaban J connectivity index is 1.81. The van der Waals surface area contributed by atoms with Crippen molar-refractivity contribution in [2.24, 2.45) is 5.73 Å². The molecule has 0 aliphatic carbocycles. The van der Waals surface area contributed by atoms with Crippen molar-refractivity contribution in [2.45, 2.75) is 51.1 Å². The summed E-state index contributed by atoms with van der Waals surface area (Å²) in [6.07, 6.45) is 5.01. The number of nitrogens with one attached hydrogen (secondary N) is 1. The molecule has 0 amide bonds. The van der Waals surface area contributed by atoms with Gasteiger partial charge in [-0.15, -0.1) is 0 Å². The van der Waals surface area contributed by atoms with Crippen LogP contribution in [0.4, 0.5) is 5.69 Å². The van der Waals surface area contributed by atoms with Gasteiger partial charge in [0.05, 0.1) is 5.54 Å². The lowest BCUT2D eigenvalue weighted by Crippen LogP contribution is -2.55. The molecular formula is C17H26BrN3. The maximum Gasteiger partial charge on any atom is 0.0522 e. The van der Waals surface area contributed by atoms with Crippen molar-refractivity contribution < 1.29 is 0 Å². The van der Waals surface area contributed by atoms with E-state index in [0.717, 1.165) is 12.5 Å². The minimum atomic E-state index is 0.0677. The summed E-state index contributed by atoms with van der Waals surface area (Å²) in [6.45, 7) is 7.48. The number of hydrogen-bond donors (Lipinski definition) is 2. The zero-order chi connectivity index (χ0) is 15.0. The van der Waals surface area contributed by atoms with Gasteiger partial charge in [0.25, 0.3) is 0 Å². The monoisotopic (exact) mass is 351 g/mol. The number of nitrogens with two attached hydrogens (primary N) is 1. The number of fused-ring (bicyclic) bond motifs is 1. The van der Waals surface area contributed by atoms with Crippen LogP contribution in [0.2, 0.25) is 0 Å². The van der Waals surface area contributed by atoms with Gasteiger partial charge in [0.15, 0.2) is 0 Å². The Hall–Kier alpha value is -0.580. The second-order valence-corrected chi connectivity index (χ2v) is 7.61. The molecule has 2 unspecified atom stereocenters. The van der Waals surface area contributed by atoms with E-state index in [1.165, 1.54) is 53.6 Å². The molecule has 1 aromatic carbocycles. The summed E-state index contributed by atoms with van der Waals surface area (Å²) in [7, 11) is 0. The van der Waals surface area contributed by atoms with Crippen molar-refractivity contribution in [3.63, 3.8) is 0 Å². The average molecular weight is 352 g/mol. The fraction of sp³-hybridized carbons (Fsp3) is 0.647. The number of piperidine rings is 1. The third kappa shape index (κ3) is 2.99. The number of halogens is 1. The van der Waals surface area contributed by atoms with Crippen molar-refractivity contribution in [1.29, 1.82) is 0 Å². The highest BCUT2D eigenvalue weighted by atomic mass is 79.9. The van der Waals surface area contributed by atoms with Gasteiger partial charge in [-0.05, 0) is 69.3 Å². The first-order valence-corrected chi connectivity index (χ1v) is 8.81. The summed E-state index contributed by atoms with van der Waals surface area (Å²) in [5, 5.41) is 3.79. The van der Waals surface area contributed by atoms with Crippen molar-refractivity contribution in [3.05, 3.63) is 27.7 Å². The van der Waals surface area contributed by atoms with Crippen molar-refractivity contribution in [1.82, 2.24) is 4.90 Å². The molecule has 2 atom stereocenters. The molecule has 4 heteroatoms. The standard InChI is InChI=1S/C17H26BrN3/c1-12-8-14(9-13(2)16(12)18)20-17(11-19)5-7-21-6-3-4-15(21)10-17/h8-9,15,20H,3-7,10-11,19H2,1-2H3. The third-order valence-electron chi connectivity index (χ3n) is 5.24. The molecule has 0 saturated carbocycles. The van der Waals surface area contributed by atoms with E-state index in [4.69, 9.17) is 5.73 Å². The molecule has 2 fully saturated rings. The normalized spacial score (nSPS) is 29.4. The van der Waals surface area contributed by atoms with Gasteiger partial charge in [0.1, 0.15) is 0 Å². The van der Waals surface area contributed by atoms with Crippen molar-refractivity contribution in [3.8, 4) is 0 Å². The van der Waals surface area contributed by atoms with Crippen LogP contribution in [0.3, 0.4) is 0 Å². The number of rotatable bonds is 3. The highest BCUT2D eigenvalue weighted by Crippen LogP contribution is 2.36. The molecule has 0 aromatic heterocycles. The topological polar surface area (TPSA) is 41.3 Å². The lowest BCUT2D eigenvalue weighted by atomic mass is 9.83. The summed E-state index contributed by atoms with van der Waals surface area (Å²) in [4.78, 5) is 2.65. The minimum Gasteiger partial charge on any atom is -0.378 e. The average Bonchev–Trinajstić information content (AvgIpc) is 2.92. The second kappa shape index (κ2) is 5.90. The van der Waals surface area contributed by atoms with Crippen LogP contribution in [0.25, 0.3) is 0 Å². The van der Waals surface area contributed by atoms with Gasteiger partial charge in [0, 0.05) is 29.3 Å². The molecule has 0 spiro atoms. The van der Waals surface area contributed by atoms with Crippen LogP contribution >= 0.6 is 15.9 Å². The molecular weight excluding hydrogens is 326 g/mol. The van der Waals surface area contributed by atoms with Crippen LogP contribution in [0.5, 0.6) is 0 Å². The summed E-state index contributed by atoms with van der Waals surface area (Å²) in [5.74, 6) is 0. The highest BCUT2D eigenvalue weighted by molar-refractivity contribution is 9.10. The lowest BCUT2D eigenvalue weighted by molar-refractivity contribution is 0.145. The molecule has 116 valence electrons. The second-order valence-electron chi connectivity index (χ2n) is 6.82. The van der Waals surface area contributed by atoms with Crippen LogP contribution in [0.1, 0.15) is 36.8 Å². The van der Waals surface area contributed by atoms with E-state index >= 15 is 0 Å². The molecule has 3 nitrogen and oxygen atoms in total. The Morgan fingerprint density at radius 2 is 2.05 bits per heavy atom. The lowest BCUT2D eigenvalue weighted by Gasteiger charge is -2.45. The Kier molecular flexibility index (Phi) is 4.30. The molecule has 0 radical (unpaired) electrons. The summed E-state index contributed by atoms with van der Waals surface area (Å²) >= 11 is 3.65. The maximum absolute atomic E-state index is 6.18. The quantitative estimate of drug-likeness (QED) is 0.876. The summed E-state index contributed by atoms with van der Waals surface area (Å²) in [5.41, 5.74) is 10.0. The number of hydrogen-bond acceptors (Lipinski definition) is 3. The van der Waals surface area contributed by atoms with Gasteiger partial charge < -0.3 is 16.0 Å². The van der Waals surface area contributed by atoms with Crippen molar-refractivity contribution in [2.75, 3.05) is 25.0 Å². The molecule has 3 rings (SSSR count). The van der Waals surface area contributed by atoms with Crippen LogP contribution in [-0.4, -0.2) is 36.1 Å². The zero-order valence-electron chi connectivity index (χ0n) is 13.1. The fourth-order valence-corrected chi connectivity index (χ4v) is 4.23. The molecule has 1 aromatic rings. The van der Waals surface area contributed by atoms with Crippen LogP contribution < -0.4 is 11.1 Å². The van der Waals surface area contributed by atoms with Gasteiger partial charge in [-0.3, -0.25) is 0 Å². The Labute approximate surface area is 136 Å². The van der Waals surface area contributed by atoms with Crippen LogP contribution in [0, 0.1) is 13.8 Å². The zero-order valence-corrected chi connectivity index (χ0v) is 14.7. The van der Waals surface area contributed by atoms with E-state index in [-0.39, 0.29) is 5.54 Å². The number of anilines is 1. The first-order valence-electron chi connectivity index (χ1n) is 8.02. The largest absolute Gasteiger partial charge is 0.378 e. The molecule has 2 aliphatic heterocycles. The highest BCUT2D eigenvalue weighted by Gasteiger charge is 2.40. The van der Waals surface area contributed by atoms with Gasteiger partial charge in [-0.25, -0.2) is 0 Å².